The van der Waals surface area contributed by atoms with Crippen LogP contribution in [0, 0.1) is 0 Å². The molecule has 2 nitrogen and oxygen atoms in total. The Bertz CT molecular complexity index is 264. The van der Waals surface area contributed by atoms with Gasteiger partial charge in [-0.25, -0.2) is 4.79 Å². The third kappa shape index (κ3) is 4.32. The van der Waals surface area contributed by atoms with E-state index in [2.05, 4.69) is 13.0 Å². The zero-order chi connectivity index (χ0) is 11.1. The Kier molecular flexibility index (Phi) is 5.16. The molecule has 1 aliphatic heterocycles. The minimum absolute atomic E-state index is 0.0530. The van der Waals surface area contributed by atoms with E-state index < -0.39 is 0 Å². The van der Waals surface area contributed by atoms with Crippen molar-refractivity contribution >= 4 is 5.97 Å². The summed E-state index contributed by atoms with van der Waals surface area (Å²) in [5.41, 5.74) is 0.800. The largest absolute Gasteiger partial charge is 0.459 e. The van der Waals surface area contributed by atoms with Gasteiger partial charge in [0.15, 0.2) is 0 Å². The van der Waals surface area contributed by atoms with Crippen molar-refractivity contribution in [2.45, 2.75) is 52.1 Å². The average molecular weight is 208 g/mol. The Morgan fingerprint density at radius 1 is 1.47 bits per heavy atom. The molecule has 1 saturated heterocycles. The highest BCUT2D eigenvalue weighted by Gasteiger charge is 2.24. The number of hydrogen-bond donors (Lipinski definition) is 0. The van der Waals surface area contributed by atoms with Crippen LogP contribution in [0.1, 0.15) is 46.0 Å². The van der Waals surface area contributed by atoms with E-state index in [0.717, 1.165) is 18.4 Å². The molecule has 1 fully saturated rings. The molecule has 0 N–H and O–H groups in total. The van der Waals surface area contributed by atoms with E-state index in [1.807, 2.05) is 19.1 Å². The van der Waals surface area contributed by atoms with Gasteiger partial charge >= 0.3 is 5.97 Å². The molecule has 0 spiro atoms. The third-order valence-corrected chi connectivity index (χ3v) is 2.49. The number of hydrogen-bond acceptors (Lipinski definition) is 2. The van der Waals surface area contributed by atoms with Crippen LogP contribution in [0.5, 0.6) is 0 Å². The number of allylic oxidation sites excluding steroid dienone is 3. The van der Waals surface area contributed by atoms with Crippen molar-refractivity contribution in [3.63, 3.8) is 0 Å². The molecule has 0 aromatic rings. The molecule has 1 heterocycles. The van der Waals surface area contributed by atoms with E-state index >= 15 is 0 Å². The summed E-state index contributed by atoms with van der Waals surface area (Å²) in [6.45, 7) is 4.12. The molecule has 15 heavy (non-hydrogen) atoms. The summed E-state index contributed by atoms with van der Waals surface area (Å²) < 4.78 is 5.03. The van der Waals surface area contributed by atoms with Crippen molar-refractivity contribution < 1.29 is 9.53 Å². The first-order chi connectivity index (χ1) is 7.24. The van der Waals surface area contributed by atoms with Gasteiger partial charge in [-0.15, -0.1) is 0 Å². The molecule has 0 aromatic heterocycles. The van der Waals surface area contributed by atoms with Crippen LogP contribution in [0.15, 0.2) is 23.8 Å². The zero-order valence-electron chi connectivity index (χ0n) is 9.66. The molecular formula is C13H20O2. The number of cyclic esters (lactones) is 1. The van der Waals surface area contributed by atoms with Crippen molar-refractivity contribution in [2.75, 3.05) is 0 Å². The van der Waals surface area contributed by atoms with Gasteiger partial charge in [0, 0.05) is 12.0 Å². The van der Waals surface area contributed by atoms with Crippen LogP contribution in [0.4, 0.5) is 0 Å². The van der Waals surface area contributed by atoms with Gasteiger partial charge in [-0.2, -0.15) is 0 Å². The fraction of sp³-hybridized carbons (Fsp3) is 0.615. The first-order valence-electron chi connectivity index (χ1n) is 5.80. The van der Waals surface area contributed by atoms with Gasteiger partial charge in [0.2, 0.25) is 0 Å². The van der Waals surface area contributed by atoms with Crippen LogP contribution >= 0.6 is 0 Å². The summed E-state index contributed by atoms with van der Waals surface area (Å²) in [4.78, 5) is 11.2. The normalized spacial score (nSPS) is 24.0. The second kappa shape index (κ2) is 6.44. The highest BCUT2D eigenvalue weighted by molar-refractivity contribution is 5.90. The summed E-state index contributed by atoms with van der Waals surface area (Å²) >= 11 is 0. The molecule has 84 valence electrons. The van der Waals surface area contributed by atoms with Crippen LogP contribution in [0.25, 0.3) is 0 Å². The number of rotatable bonds is 5. The van der Waals surface area contributed by atoms with Gasteiger partial charge in [0.05, 0.1) is 0 Å². The van der Waals surface area contributed by atoms with Crippen molar-refractivity contribution in [1.82, 2.24) is 0 Å². The van der Waals surface area contributed by atoms with E-state index in [4.69, 9.17) is 4.74 Å². The number of ether oxygens (including phenoxy) is 1. The number of carbonyl (C=O) groups is 1. The van der Waals surface area contributed by atoms with Gasteiger partial charge in [-0.3, -0.25) is 0 Å². The molecule has 1 atom stereocenters. The zero-order valence-corrected chi connectivity index (χ0v) is 9.66. The quantitative estimate of drug-likeness (QED) is 0.393. The van der Waals surface area contributed by atoms with Crippen molar-refractivity contribution in [3.05, 3.63) is 23.8 Å². The van der Waals surface area contributed by atoms with Crippen LogP contribution in [-0.2, 0) is 9.53 Å². The second-order valence-corrected chi connectivity index (χ2v) is 4.04. The fourth-order valence-corrected chi connectivity index (χ4v) is 1.62. The molecule has 0 amide bonds. The predicted molar refractivity (Wildman–Crippen MR) is 61.5 cm³/mol. The molecule has 0 radical (unpaired) electrons. The highest BCUT2D eigenvalue weighted by atomic mass is 16.5. The molecular weight excluding hydrogens is 188 g/mol. The lowest BCUT2D eigenvalue weighted by molar-refractivity contribution is -0.138. The molecule has 1 aliphatic rings. The Balaban J connectivity index is 2.28. The van der Waals surface area contributed by atoms with Gasteiger partial charge in [-0.1, -0.05) is 38.0 Å². The maximum Gasteiger partial charge on any atom is 0.334 e. The van der Waals surface area contributed by atoms with Crippen molar-refractivity contribution in [1.29, 1.82) is 0 Å². The first kappa shape index (κ1) is 12.0. The summed E-state index contributed by atoms with van der Waals surface area (Å²) in [7, 11) is 0. The predicted octanol–water partition coefficient (Wildman–Crippen LogP) is 3.38. The second-order valence-electron chi connectivity index (χ2n) is 4.04. The van der Waals surface area contributed by atoms with E-state index in [-0.39, 0.29) is 12.1 Å². The average Bonchev–Trinajstić information content (AvgIpc) is 2.51. The third-order valence-electron chi connectivity index (χ3n) is 2.49. The maximum atomic E-state index is 11.2. The molecule has 0 bridgehead atoms. The van der Waals surface area contributed by atoms with Crippen LogP contribution in [0.3, 0.4) is 0 Å². The van der Waals surface area contributed by atoms with Crippen LogP contribution in [-0.4, -0.2) is 12.1 Å². The van der Waals surface area contributed by atoms with Gasteiger partial charge < -0.3 is 4.74 Å². The lowest BCUT2D eigenvalue weighted by Gasteiger charge is -1.94. The SMILES string of the molecule is CCCCC/C=C/C=C1/CC(C)OC1=O. The Hall–Kier alpha value is -1.05. The number of unbranched alkanes of at least 4 members (excludes halogenated alkanes) is 3. The van der Waals surface area contributed by atoms with Crippen LogP contribution < -0.4 is 0 Å². The summed E-state index contributed by atoms with van der Waals surface area (Å²) in [6.07, 6.45) is 11.6. The minimum atomic E-state index is -0.152. The van der Waals surface area contributed by atoms with E-state index in [1.54, 1.807) is 0 Å². The minimum Gasteiger partial charge on any atom is -0.459 e. The molecule has 1 rings (SSSR count). The fourth-order valence-electron chi connectivity index (χ4n) is 1.62. The van der Waals surface area contributed by atoms with Gasteiger partial charge in [-0.05, 0) is 19.8 Å². The standard InChI is InChI=1S/C13H20O2/c1-3-4-5-6-7-8-9-12-10-11(2)15-13(12)14/h7-9,11H,3-6,10H2,1-2H3/b8-7+,12-9-. The number of esters is 1. The lowest BCUT2D eigenvalue weighted by Crippen LogP contribution is -1.99. The van der Waals surface area contributed by atoms with E-state index in [9.17, 15) is 4.79 Å². The topological polar surface area (TPSA) is 26.3 Å². The molecule has 2 heteroatoms. The van der Waals surface area contributed by atoms with Crippen LogP contribution in [0.2, 0.25) is 0 Å². The first-order valence-corrected chi connectivity index (χ1v) is 5.80. The number of carbonyl (C=O) groups excluding carboxylic acids is 1. The molecule has 0 aliphatic carbocycles. The monoisotopic (exact) mass is 208 g/mol. The highest BCUT2D eigenvalue weighted by Crippen LogP contribution is 2.19. The Morgan fingerprint density at radius 2 is 2.27 bits per heavy atom. The smallest absolute Gasteiger partial charge is 0.334 e. The molecule has 0 aromatic carbocycles. The maximum absolute atomic E-state index is 11.2. The van der Waals surface area contributed by atoms with Crippen molar-refractivity contribution in [3.8, 4) is 0 Å². The van der Waals surface area contributed by atoms with E-state index in [0.29, 0.717) is 0 Å². The molecule has 1 unspecified atom stereocenters. The Labute approximate surface area is 92.0 Å². The summed E-state index contributed by atoms with van der Waals surface area (Å²) in [5, 5.41) is 0. The van der Waals surface area contributed by atoms with Gasteiger partial charge in [0.25, 0.3) is 0 Å². The lowest BCUT2D eigenvalue weighted by atomic mass is 10.1. The molecule has 0 saturated carbocycles. The van der Waals surface area contributed by atoms with E-state index in [1.165, 1.54) is 19.3 Å². The summed E-state index contributed by atoms with van der Waals surface area (Å²) in [5.74, 6) is -0.152. The van der Waals surface area contributed by atoms with Gasteiger partial charge in [0.1, 0.15) is 6.10 Å². The Morgan fingerprint density at radius 3 is 2.87 bits per heavy atom. The van der Waals surface area contributed by atoms with Crippen molar-refractivity contribution in [2.24, 2.45) is 0 Å². The summed E-state index contributed by atoms with van der Waals surface area (Å²) in [6, 6.07) is 0.